The van der Waals surface area contributed by atoms with Gasteiger partial charge in [-0.05, 0) is 101 Å². The number of esters is 1. The van der Waals surface area contributed by atoms with Gasteiger partial charge < -0.3 is 9.64 Å². The summed E-state index contributed by atoms with van der Waals surface area (Å²) in [5.74, 6) is 2.59. The van der Waals surface area contributed by atoms with E-state index in [0.717, 1.165) is 65.9 Å². The minimum absolute atomic E-state index is 0.197. The number of rotatable bonds is 16. The molecule has 0 radical (unpaired) electrons. The molecule has 1 amide bonds. The molecule has 0 saturated heterocycles. The van der Waals surface area contributed by atoms with Crippen molar-refractivity contribution in [3.63, 3.8) is 0 Å². The molecule has 4 nitrogen and oxygen atoms in total. The Kier molecular flexibility index (Phi) is 14.9. The van der Waals surface area contributed by atoms with Gasteiger partial charge in [0.15, 0.2) is 0 Å². The lowest BCUT2D eigenvalue weighted by Crippen LogP contribution is -2.40. The van der Waals surface area contributed by atoms with Crippen LogP contribution in [0.15, 0.2) is 80.7 Å². The summed E-state index contributed by atoms with van der Waals surface area (Å²) in [6.07, 6.45) is 20.5. The second-order valence-electron chi connectivity index (χ2n) is 11.3. The highest BCUT2D eigenvalue weighted by molar-refractivity contribution is 8.06. The molecule has 0 spiro atoms. The third-order valence-electron chi connectivity index (χ3n) is 8.35. The van der Waals surface area contributed by atoms with Crippen LogP contribution in [0.3, 0.4) is 0 Å². The van der Waals surface area contributed by atoms with Gasteiger partial charge in [0.05, 0.1) is 19.1 Å². The summed E-state index contributed by atoms with van der Waals surface area (Å²) in [7, 11) is 1.40. The molecule has 1 aromatic rings. The summed E-state index contributed by atoms with van der Waals surface area (Å²) in [5.41, 5.74) is 5.81. The van der Waals surface area contributed by atoms with Crippen LogP contribution in [0.2, 0.25) is 0 Å². The molecule has 1 fully saturated rings. The second-order valence-corrected chi connectivity index (χ2v) is 12.7. The van der Waals surface area contributed by atoms with Crippen LogP contribution in [0.25, 0.3) is 0 Å². The third-order valence-corrected chi connectivity index (χ3v) is 9.68. The third kappa shape index (κ3) is 10.5. The number of hydrogen-bond acceptors (Lipinski definition) is 4. The molecule has 0 N–H and O–H groups in total. The fourth-order valence-corrected chi connectivity index (χ4v) is 6.03. The van der Waals surface area contributed by atoms with Crippen molar-refractivity contribution in [1.82, 2.24) is 4.90 Å². The maximum absolute atomic E-state index is 14.4. The maximum Gasteiger partial charge on any atom is 0.334 e. The molecule has 0 atom stereocenters. The predicted octanol–water partition coefficient (Wildman–Crippen LogP) is 9.34. The highest BCUT2D eigenvalue weighted by atomic mass is 32.2. The van der Waals surface area contributed by atoms with Crippen LogP contribution in [0, 0.1) is 17.8 Å². The van der Waals surface area contributed by atoms with E-state index in [4.69, 9.17) is 11.2 Å². The minimum Gasteiger partial charge on any atom is -0.466 e. The largest absolute Gasteiger partial charge is 0.466 e. The molecule has 0 heterocycles. The molecule has 43 heavy (non-hydrogen) atoms. The first-order chi connectivity index (χ1) is 20.6. The van der Waals surface area contributed by atoms with Crippen molar-refractivity contribution < 1.29 is 14.3 Å². The summed E-state index contributed by atoms with van der Waals surface area (Å²) in [5, 5.41) is 0. The SMILES string of the molecule is C#Cc1cccc(CCCN(CC(S/C(C)=C(\C)C(=O)OC)=C(C)CC)C(=O)C2(/C(C)=C/C=C(\C=C\CC)CC)CC2)c1. The quantitative estimate of drug-likeness (QED) is 0.0820. The normalized spacial score (nSPS) is 15.9. The van der Waals surface area contributed by atoms with E-state index in [1.165, 1.54) is 23.8 Å². The lowest BCUT2D eigenvalue weighted by molar-refractivity contribution is -0.136. The summed E-state index contributed by atoms with van der Waals surface area (Å²) in [6, 6.07) is 8.09. The zero-order chi connectivity index (χ0) is 32.0. The molecule has 0 bridgehead atoms. The van der Waals surface area contributed by atoms with Crippen LogP contribution in [0.1, 0.15) is 98.1 Å². The van der Waals surface area contributed by atoms with Crippen LogP contribution < -0.4 is 0 Å². The topological polar surface area (TPSA) is 46.6 Å². The summed E-state index contributed by atoms with van der Waals surface area (Å²) in [4.78, 5) is 30.7. The highest BCUT2D eigenvalue weighted by Crippen LogP contribution is 2.53. The average Bonchev–Trinajstić information content (AvgIpc) is 3.84. The van der Waals surface area contributed by atoms with Gasteiger partial charge in [0.1, 0.15) is 0 Å². The summed E-state index contributed by atoms with van der Waals surface area (Å²) >= 11 is 1.58. The van der Waals surface area contributed by atoms with Gasteiger partial charge in [-0.2, -0.15) is 0 Å². The van der Waals surface area contributed by atoms with E-state index >= 15 is 0 Å². The molecule has 0 aromatic heterocycles. The summed E-state index contributed by atoms with van der Waals surface area (Å²) < 4.78 is 4.96. The van der Waals surface area contributed by atoms with Gasteiger partial charge >= 0.3 is 5.97 Å². The van der Waals surface area contributed by atoms with E-state index < -0.39 is 5.41 Å². The number of amides is 1. The van der Waals surface area contributed by atoms with Crippen LogP contribution in [0.5, 0.6) is 0 Å². The van der Waals surface area contributed by atoms with Crippen LogP contribution in [-0.2, 0) is 20.7 Å². The van der Waals surface area contributed by atoms with Crippen LogP contribution in [0.4, 0.5) is 0 Å². The molecule has 5 heteroatoms. The van der Waals surface area contributed by atoms with Crippen molar-refractivity contribution >= 4 is 23.6 Å². The zero-order valence-electron chi connectivity index (χ0n) is 27.6. The van der Waals surface area contributed by atoms with E-state index in [-0.39, 0.29) is 11.9 Å². The summed E-state index contributed by atoms with van der Waals surface area (Å²) in [6.45, 7) is 15.6. The number of thioether (sulfide) groups is 1. The Labute approximate surface area is 265 Å². The van der Waals surface area contributed by atoms with Crippen molar-refractivity contribution in [3.8, 4) is 12.3 Å². The number of carbonyl (C=O) groups excluding carboxylic acids is 2. The molecular formula is C38H51NO3S. The lowest BCUT2D eigenvalue weighted by atomic mass is 9.94. The Balaban J connectivity index is 2.42. The molecule has 232 valence electrons. The number of hydrogen-bond donors (Lipinski definition) is 0. The molecule has 1 aliphatic rings. The second kappa shape index (κ2) is 17.8. The molecule has 1 aliphatic carbocycles. The molecule has 1 saturated carbocycles. The first-order valence-electron chi connectivity index (χ1n) is 15.6. The van der Waals surface area contributed by atoms with E-state index in [1.807, 2.05) is 19.1 Å². The van der Waals surface area contributed by atoms with Crippen molar-refractivity contribution in [2.45, 2.75) is 93.4 Å². The molecular weight excluding hydrogens is 550 g/mol. The van der Waals surface area contributed by atoms with E-state index in [2.05, 4.69) is 81.9 Å². The standard InChI is InChI=1S/C38H51NO3S/c1-10-14-17-32(12-3)22-21-29(6)38(23-24-38)37(41)39(25-16-20-34-19-15-18-33(13-4)26-34)27-35(28(5)11-2)43-31(8)30(7)36(40)42-9/h4,14-15,17-19,21-22,26H,10-12,16,20,23-25,27H2,1-3,5-9H3/b17-14+,29-21+,31-30+,32-22-,35-28?. The average molecular weight is 602 g/mol. The highest BCUT2D eigenvalue weighted by Gasteiger charge is 2.52. The molecule has 2 rings (SSSR count). The number of carbonyl (C=O) groups is 2. The predicted molar refractivity (Wildman–Crippen MR) is 183 cm³/mol. The Hall–Kier alpha value is -3.23. The Bertz CT molecular complexity index is 1330. The van der Waals surface area contributed by atoms with Crippen LogP contribution >= 0.6 is 11.8 Å². The number of methoxy groups -OCH3 is 1. The molecule has 1 aromatic carbocycles. The number of benzene rings is 1. The smallest absolute Gasteiger partial charge is 0.334 e. The first kappa shape index (κ1) is 36.0. The number of terminal acetylenes is 1. The number of aryl methyl sites for hydroxylation is 1. The van der Waals surface area contributed by atoms with Crippen molar-refractivity contribution in [1.29, 1.82) is 0 Å². The van der Waals surface area contributed by atoms with Gasteiger partial charge in [-0.3, -0.25) is 4.79 Å². The van der Waals surface area contributed by atoms with E-state index in [9.17, 15) is 9.59 Å². The molecule has 0 aliphatic heterocycles. The van der Waals surface area contributed by atoms with Gasteiger partial charge in [0.25, 0.3) is 0 Å². The van der Waals surface area contributed by atoms with E-state index in [0.29, 0.717) is 18.7 Å². The van der Waals surface area contributed by atoms with Crippen molar-refractivity contribution in [3.05, 3.63) is 91.8 Å². The number of allylic oxidation sites excluding steroid dienone is 7. The van der Waals surface area contributed by atoms with Crippen molar-refractivity contribution in [2.75, 3.05) is 20.2 Å². The molecule has 0 unspecified atom stereocenters. The van der Waals surface area contributed by atoms with Gasteiger partial charge in [-0.15, -0.1) is 6.42 Å². The zero-order valence-corrected chi connectivity index (χ0v) is 28.5. The fraction of sp³-hybridized carbons (Fsp3) is 0.474. The number of ether oxygens (including phenoxy) is 1. The van der Waals surface area contributed by atoms with Crippen molar-refractivity contribution in [2.24, 2.45) is 5.41 Å². The maximum atomic E-state index is 14.4. The Morgan fingerprint density at radius 2 is 1.81 bits per heavy atom. The van der Waals surface area contributed by atoms with E-state index in [1.54, 1.807) is 18.7 Å². The Morgan fingerprint density at radius 1 is 1.09 bits per heavy atom. The van der Waals surface area contributed by atoms with Gasteiger partial charge in [-0.25, -0.2) is 4.79 Å². The Morgan fingerprint density at radius 3 is 2.40 bits per heavy atom. The fourth-order valence-electron chi connectivity index (χ4n) is 4.88. The monoisotopic (exact) mass is 601 g/mol. The van der Waals surface area contributed by atoms with Gasteiger partial charge in [0.2, 0.25) is 5.91 Å². The minimum atomic E-state index is -0.448. The van der Waals surface area contributed by atoms with Gasteiger partial charge in [-0.1, -0.05) is 86.0 Å². The van der Waals surface area contributed by atoms with Crippen LogP contribution in [-0.4, -0.2) is 37.0 Å². The first-order valence-corrected chi connectivity index (χ1v) is 16.4. The lowest BCUT2D eigenvalue weighted by Gasteiger charge is -2.30. The number of nitrogens with zero attached hydrogens (tertiary/aromatic N) is 1. The van der Waals surface area contributed by atoms with Gasteiger partial charge in [0, 0.05) is 22.6 Å².